The molecular weight excluding hydrogens is 256 g/mol. The summed E-state index contributed by atoms with van der Waals surface area (Å²) in [4.78, 5) is 23.0. The number of hydrogen-bond acceptors (Lipinski definition) is 2. The molecule has 20 heavy (non-hydrogen) atoms. The third-order valence-corrected chi connectivity index (χ3v) is 3.53. The van der Waals surface area contributed by atoms with E-state index in [1.54, 1.807) is 13.0 Å². The van der Waals surface area contributed by atoms with Gasteiger partial charge in [0.1, 0.15) is 6.04 Å². The molecule has 5 heteroatoms. The van der Waals surface area contributed by atoms with Gasteiger partial charge < -0.3 is 15.7 Å². The fourth-order valence-corrected chi connectivity index (χ4v) is 1.81. The van der Waals surface area contributed by atoms with Crippen LogP contribution in [0.4, 0.5) is 10.5 Å². The Bertz CT molecular complexity index is 500. The van der Waals surface area contributed by atoms with Gasteiger partial charge in [0.15, 0.2) is 0 Å². The summed E-state index contributed by atoms with van der Waals surface area (Å²) in [6.07, 6.45) is 0.681. The summed E-state index contributed by atoms with van der Waals surface area (Å²) < 4.78 is 0. The smallest absolute Gasteiger partial charge is 0.326 e. The zero-order chi connectivity index (χ0) is 15.3. The number of carbonyl (C=O) groups is 2. The number of anilines is 1. The molecule has 3 N–H and O–H groups in total. The number of nitrogens with one attached hydrogen (secondary N) is 2. The van der Waals surface area contributed by atoms with Crippen molar-refractivity contribution in [2.75, 3.05) is 5.32 Å². The highest BCUT2D eigenvalue weighted by atomic mass is 16.4. The number of amides is 2. The highest BCUT2D eigenvalue weighted by Gasteiger charge is 2.25. The third-order valence-electron chi connectivity index (χ3n) is 3.53. The van der Waals surface area contributed by atoms with Crippen molar-refractivity contribution in [2.24, 2.45) is 5.92 Å². The molecule has 0 fully saturated rings. The van der Waals surface area contributed by atoms with Crippen LogP contribution in [0.1, 0.15) is 31.4 Å². The first-order valence-electron chi connectivity index (χ1n) is 6.72. The first kappa shape index (κ1) is 16.0. The number of carboxylic acid groups (broad SMARTS) is 1. The Morgan fingerprint density at radius 3 is 2.40 bits per heavy atom. The van der Waals surface area contributed by atoms with Crippen molar-refractivity contribution in [3.05, 3.63) is 29.3 Å². The second kappa shape index (κ2) is 6.93. The van der Waals surface area contributed by atoms with E-state index in [1.807, 2.05) is 32.9 Å². The van der Waals surface area contributed by atoms with Crippen molar-refractivity contribution in [1.29, 1.82) is 0 Å². The molecule has 1 rings (SSSR count). The number of aryl methyl sites for hydroxylation is 2. The first-order valence-corrected chi connectivity index (χ1v) is 6.72. The summed E-state index contributed by atoms with van der Waals surface area (Å²) in [6.45, 7) is 7.64. The van der Waals surface area contributed by atoms with E-state index in [2.05, 4.69) is 10.6 Å². The molecule has 0 spiro atoms. The van der Waals surface area contributed by atoms with Crippen molar-refractivity contribution in [1.82, 2.24) is 5.32 Å². The Balaban J connectivity index is 2.70. The second-order valence-corrected chi connectivity index (χ2v) is 5.10. The predicted molar refractivity (Wildman–Crippen MR) is 78.9 cm³/mol. The number of carboxylic acids is 1. The number of urea groups is 1. The highest BCUT2D eigenvalue weighted by Crippen LogP contribution is 2.14. The van der Waals surface area contributed by atoms with Gasteiger partial charge in [-0.1, -0.05) is 26.3 Å². The molecule has 0 aliphatic carbocycles. The molecule has 0 heterocycles. The lowest BCUT2D eigenvalue weighted by Gasteiger charge is -2.20. The van der Waals surface area contributed by atoms with Crippen molar-refractivity contribution in [3.63, 3.8) is 0 Å². The highest BCUT2D eigenvalue weighted by molar-refractivity contribution is 5.92. The van der Waals surface area contributed by atoms with E-state index in [0.29, 0.717) is 12.1 Å². The molecule has 0 saturated carbocycles. The molecule has 0 saturated heterocycles. The minimum atomic E-state index is -1.02. The number of benzene rings is 1. The maximum absolute atomic E-state index is 11.9. The SMILES string of the molecule is CCC(C)[C@H](NC(=O)Nc1ccc(C)c(C)c1)C(=O)O. The lowest BCUT2D eigenvalue weighted by atomic mass is 9.99. The Morgan fingerprint density at radius 1 is 1.25 bits per heavy atom. The molecule has 1 unspecified atom stereocenters. The summed E-state index contributed by atoms with van der Waals surface area (Å²) >= 11 is 0. The molecule has 0 bridgehead atoms. The molecule has 1 aromatic carbocycles. The molecule has 0 aromatic heterocycles. The van der Waals surface area contributed by atoms with Gasteiger partial charge in [-0.15, -0.1) is 0 Å². The first-order chi connectivity index (χ1) is 9.35. The Labute approximate surface area is 119 Å². The third kappa shape index (κ3) is 4.26. The normalized spacial score (nSPS) is 13.4. The zero-order valence-electron chi connectivity index (χ0n) is 12.4. The average Bonchev–Trinajstić information content (AvgIpc) is 2.39. The summed E-state index contributed by atoms with van der Waals surface area (Å²) in [5.41, 5.74) is 2.86. The van der Waals surface area contributed by atoms with E-state index in [4.69, 9.17) is 5.11 Å². The van der Waals surface area contributed by atoms with E-state index in [9.17, 15) is 9.59 Å². The fourth-order valence-electron chi connectivity index (χ4n) is 1.81. The van der Waals surface area contributed by atoms with E-state index in [-0.39, 0.29) is 5.92 Å². The van der Waals surface area contributed by atoms with Crippen LogP contribution in [0.25, 0.3) is 0 Å². The van der Waals surface area contributed by atoms with E-state index < -0.39 is 18.0 Å². The molecule has 2 amide bonds. The summed E-state index contributed by atoms with van der Waals surface area (Å²) in [5.74, 6) is -1.15. The van der Waals surface area contributed by atoms with Crippen LogP contribution in [0.5, 0.6) is 0 Å². The van der Waals surface area contributed by atoms with Gasteiger partial charge in [-0.3, -0.25) is 0 Å². The van der Waals surface area contributed by atoms with Crippen LogP contribution in [0, 0.1) is 19.8 Å². The minimum absolute atomic E-state index is 0.127. The van der Waals surface area contributed by atoms with Crippen LogP contribution in [0.2, 0.25) is 0 Å². The van der Waals surface area contributed by atoms with Crippen molar-refractivity contribution >= 4 is 17.7 Å². The van der Waals surface area contributed by atoms with Crippen LogP contribution < -0.4 is 10.6 Å². The van der Waals surface area contributed by atoms with Crippen LogP contribution in [-0.2, 0) is 4.79 Å². The predicted octanol–water partition coefficient (Wildman–Crippen LogP) is 2.92. The number of rotatable bonds is 5. The number of carbonyl (C=O) groups excluding carboxylic acids is 1. The molecule has 0 aliphatic heterocycles. The van der Waals surface area contributed by atoms with Crippen LogP contribution >= 0.6 is 0 Å². The fraction of sp³-hybridized carbons (Fsp3) is 0.467. The lowest BCUT2D eigenvalue weighted by molar-refractivity contribution is -0.140. The van der Waals surface area contributed by atoms with Gasteiger partial charge in [0.05, 0.1) is 0 Å². The molecule has 1 aromatic rings. The maximum Gasteiger partial charge on any atom is 0.326 e. The van der Waals surface area contributed by atoms with Crippen LogP contribution in [-0.4, -0.2) is 23.1 Å². The van der Waals surface area contributed by atoms with Gasteiger partial charge in [-0.2, -0.15) is 0 Å². The second-order valence-electron chi connectivity index (χ2n) is 5.10. The van der Waals surface area contributed by atoms with Gasteiger partial charge in [-0.05, 0) is 43.0 Å². The van der Waals surface area contributed by atoms with Crippen molar-refractivity contribution in [2.45, 2.75) is 40.2 Å². The minimum Gasteiger partial charge on any atom is -0.480 e. The van der Waals surface area contributed by atoms with Crippen LogP contribution in [0.3, 0.4) is 0 Å². The van der Waals surface area contributed by atoms with Gasteiger partial charge in [0, 0.05) is 5.69 Å². The summed E-state index contributed by atoms with van der Waals surface area (Å²) in [7, 11) is 0. The lowest BCUT2D eigenvalue weighted by Crippen LogP contribution is -2.46. The molecule has 110 valence electrons. The zero-order valence-corrected chi connectivity index (χ0v) is 12.4. The monoisotopic (exact) mass is 278 g/mol. The van der Waals surface area contributed by atoms with E-state index in [0.717, 1.165) is 11.1 Å². The Morgan fingerprint density at radius 2 is 1.90 bits per heavy atom. The van der Waals surface area contributed by atoms with Crippen molar-refractivity contribution in [3.8, 4) is 0 Å². The summed E-state index contributed by atoms with van der Waals surface area (Å²) in [6, 6.07) is 4.18. The Hall–Kier alpha value is -2.04. The Kier molecular flexibility index (Phi) is 5.55. The molecular formula is C15H22N2O3. The molecule has 2 atom stereocenters. The van der Waals surface area contributed by atoms with Gasteiger partial charge in [0.25, 0.3) is 0 Å². The van der Waals surface area contributed by atoms with Crippen LogP contribution in [0.15, 0.2) is 18.2 Å². The van der Waals surface area contributed by atoms with Gasteiger partial charge >= 0.3 is 12.0 Å². The quantitative estimate of drug-likeness (QED) is 0.775. The van der Waals surface area contributed by atoms with E-state index in [1.165, 1.54) is 0 Å². The standard InChI is InChI=1S/C15H22N2O3/c1-5-9(2)13(14(18)19)17-15(20)16-12-7-6-10(3)11(4)8-12/h6-9,13H,5H2,1-4H3,(H,18,19)(H2,16,17,20)/t9?,13-/m0/s1. The largest absolute Gasteiger partial charge is 0.480 e. The van der Waals surface area contributed by atoms with E-state index >= 15 is 0 Å². The topological polar surface area (TPSA) is 78.4 Å². The molecule has 5 nitrogen and oxygen atoms in total. The molecule has 0 radical (unpaired) electrons. The summed E-state index contributed by atoms with van der Waals surface area (Å²) in [5, 5.41) is 14.3. The van der Waals surface area contributed by atoms with Gasteiger partial charge in [0.2, 0.25) is 0 Å². The molecule has 0 aliphatic rings. The van der Waals surface area contributed by atoms with Crippen molar-refractivity contribution < 1.29 is 14.7 Å². The number of aliphatic carboxylic acids is 1. The number of hydrogen-bond donors (Lipinski definition) is 3. The average molecular weight is 278 g/mol. The maximum atomic E-state index is 11.9. The van der Waals surface area contributed by atoms with Gasteiger partial charge in [-0.25, -0.2) is 9.59 Å².